The van der Waals surface area contributed by atoms with Gasteiger partial charge in [-0.2, -0.15) is 18.3 Å². The molecule has 0 atom stereocenters. The maximum Gasteiger partial charge on any atom is 0.437 e. The summed E-state index contributed by atoms with van der Waals surface area (Å²) in [5, 5.41) is 4.05. The van der Waals surface area contributed by atoms with Gasteiger partial charge in [0.1, 0.15) is 5.75 Å². The largest absolute Gasteiger partial charge is 0.494 e. The van der Waals surface area contributed by atoms with Crippen LogP contribution in [0.3, 0.4) is 0 Å². The molecule has 2 heterocycles. The van der Waals surface area contributed by atoms with Crippen LogP contribution in [0.2, 0.25) is 0 Å². The second-order valence-corrected chi connectivity index (χ2v) is 4.14. The highest BCUT2D eigenvalue weighted by atomic mass is 35.5. The SMILES string of the molecule is COc1cc(Cn2cc(CN)cn2)cnc1C(F)(F)F.Cl. The maximum absolute atomic E-state index is 12.7. The zero-order valence-corrected chi connectivity index (χ0v) is 11.9. The van der Waals surface area contributed by atoms with Crippen molar-refractivity contribution in [2.24, 2.45) is 5.73 Å². The molecule has 5 nitrogen and oxygen atoms in total. The summed E-state index contributed by atoms with van der Waals surface area (Å²) in [7, 11) is 1.18. The molecule has 0 saturated carbocycles. The molecule has 0 aromatic carbocycles. The summed E-state index contributed by atoms with van der Waals surface area (Å²) < 4.78 is 44.3. The van der Waals surface area contributed by atoms with E-state index in [-0.39, 0.29) is 18.2 Å². The number of nitrogens with two attached hydrogens (primary N) is 1. The molecular formula is C12H14ClF3N4O. The summed E-state index contributed by atoms with van der Waals surface area (Å²) in [5.41, 5.74) is 5.83. The van der Waals surface area contributed by atoms with E-state index in [0.717, 1.165) is 11.8 Å². The Morgan fingerprint density at radius 3 is 2.52 bits per heavy atom. The molecule has 2 aromatic rings. The van der Waals surface area contributed by atoms with Crippen LogP contribution in [0.15, 0.2) is 24.7 Å². The lowest BCUT2D eigenvalue weighted by Crippen LogP contribution is -2.11. The molecule has 0 spiro atoms. The second kappa shape index (κ2) is 6.77. The van der Waals surface area contributed by atoms with Crippen LogP contribution >= 0.6 is 12.4 Å². The molecule has 0 aliphatic rings. The normalized spacial score (nSPS) is 11.1. The molecule has 9 heteroatoms. The van der Waals surface area contributed by atoms with E-state index in [4.69, 9.17) is 10.5 Å². The molecule has 0 amide bonds. The van der Waals surface area contributed by atoms with Crippen molar-refractivity contribution in [3.63, 3.8) is 0 Å². The molecule has 21 heavy (non-hydrogen) atoms. The first kappa shape index (κ1) is 17.3. The van der Waals surface area contributed by atoms with Gasteiger partial charge >= 0.3 is 6.18 Å². The molecule has 116 valence electrons. The minimum absolute atomic E-state index is 0. The summed E-state index contributed by atoms with van der Waals surface area (Å²) in [6.07, 6.45) is -0.0453. The predicted octanol–water partition coefficient (Wildman–Crippen LogP) is 2.23. The first-order valence-electron chi connectivity index (χ1n) is 5.75. The molecule has 0 unspecified atom stereocenters. The number of methoxy groups -OCH3 is 1. The first-order chi connectivity index (χ1) is 9.44. The van der Waals surface area contributed by atoms with Gasteiger partial charge in [0, 0.05) is 24.5 Å². The van der Waals surface area contributed by atoms with Crippen molar-refractivity contribution in [3.8, 4) is 5.75 Å². The van der Waals surface area contributed by atoms with Crippen molar-refractivity contribution in [3.05, 3.63) is 41.5 Å². The highest BCUT2D eigenvalue weighted by Crippen LogP contribution is 2.34. The smallest absolute Gasteiger partial charge is 0.437 e. The zero-order valence-electron chi connectivity index (χ0n) is 11.1. The van der Waals surface area contributed by atoms with Crippen LogP contribution < -0.4 is 10.5 Å². The van der Waals surface area contributed by atoms with E-state index < -0.39 is 11.9 Å². The number of hydrogen-bond donors (Lipinski definition) is 1. The summed E-state index contributed by atoms with van der Waals surface area (Å²) in [6, 6.07) is 1.31. The lowest BCUT2D eigenvalue weighted by atomic mass is 10.2. The topological polar surface area (TPSA) is 66.0 Å². The fourth-order valence-corrected chi connectivity index (χ4v) is 1.73. The van der Waals surface area contributed by atoms with Gasteiger partial charge in [0.05, 0.1) is 19.9 Å². The Kier molecular flexibility index (Phi) is 5.56. The van der Waals surface area contributed by atoms with Crippen LogP contribution in [-0.4, -0.2) is 21.9 Å². The van der Waals surface area contributed by atoms with Gasteiger partial charge in [-0.05, 0) is 11.6 Å². The van der Waals surface area contributed by atoms with Crippen LogP contribution in [0.4, 0.5) is 13.2 Å². The van der Waals surface area contributed by atoms with E-state index in [2.05, 4.69) is 10.1 Å². The van der Waals surface area contributed by atoms with Crippen molar-refractivity contribution in [1.82, 2.24) is 14.8 Å². The number of alkyl halides is 3. The summed E-state index contributed by atoms with van der Waals surface area (Å²) in [4.78, 5) is 3.43. The molecule has 0 bridgehead atoms. The highest BCUT2D eigenvalue weighted by Gasteiger charge is 2.36. The van der Waals surface area contributed by atoms with Gasteiger partial charge in [-0.15, -0.1) is 12.4 Å². The third kappa shape index (κ3) is 4.08. The lowest BCUT2D eigenvalue weighted by molar-refractivity contribution is -0.142. The summed E-state index contributed by atoms with van der Waals surface area (Å²) in [5.74, 6) is -0.304. The van der Waals surface area contributed by atoms with E-state index in [1.54, 1.807) is 17.1 Å². The number of rotatable bonds is 4. The van der Waals surface area contributed by atoms with E-state index in [0.29, 0.717) is 18.7 Å². The fourth-order valence-electron chi connectivity index (χ4n) is 1.73. The maximum atomic E-state index is 12.7. The number of aromatic nitrogens is 3. The van der Waals surface area contributed by atoms with Crippen molar-refractivity contribution in [1.29, 1.82) is 0 Å². The third-order valence-corrected chi connectivity index (χ3v) is 2.66. The van der Waals surface area contributed by atoms with Crippen LogP contribution in [0, 0.1) is 0 Å². The minimum atomic E-state index is -4.54. The van der Waals surface area contributed by atoms with Gasteiger partial charge in [0.25, 0.3) is 0 Å². The summed E-state index contributed by atoms with van der Waals surface area (Å²) >= 11 is 0. The fraction of sp³-hybridized carbons (Fsp3) is 0.333. The van der Waals surface area contributed by atoms with Gasteiger partial charge in [0.2, 0.25) is 0 Å². The Balaban J connectivity index is 0.00000220. The second-order valence-electron chi connectivity index (χ2n) is 4.14. The van der Waals surface area contributed by atoms with Crippen LogP contribution in [0.25, 0.3) is 0 Å². The van der Waals surface area contributed by atoms with Gasteiger partial charge in [-0.3, -0.25) is 4.68 Å². The van der Waals surface area contributed by atoms with E-state index in [1.807, 2.05) is 0 Å². The average Bonchev–Trinajstić information content (AvgIpc) is 2.85. The number of hydrogen-bond acceptors (Lipinski definition) is 4. The Bertz CT molecular complexity index is 600. The van der Waals surface area contributed by atoms with Crippen molar-refractivity contribution in [2.75, 3.05) is 7.11 Å². The van der Waals surface area contributed by atoms with Crippen LogP contribution in [-0.2, 0) is 19.3 Å². The molecule has 2 aromatic heterocycles. The lowest BCUT2D eigenvalue weighted by Gasteiger charge is -2.12. The molecular weight excluding hydrogens is 309 g/mol. The Morgan fingerprint density at radius 1 is 1.29 bits per heavy atom. The predicted molar refractivity (Wildman–Crippen MR) is 72.3 cm³/mol. The van der Waals surface area contributed by atoms with Crippen molar-refractivity contribution >= 4 is 12.4 Å². The standard InChI is InChI=1S/C12H13F3N4O.ClH/c1-20-10-2-8(4-17-11(10)12(13,14)15)6-19-7-9(3-16)5-18-19;/h2,4-5,7H,3,6,16H2,1H3;1H. The first-order valence-corrected chi connectivity index (χ1v) is 5.75. The minimum Gasteiger partial charge on any atom is -0.494 e. The van der Waals surface area contributed by atoms with E-state index in [1.165, 1.54) is 13.2 Å². The highest BCUT2D eigenvalue weighted by molar-refractivity contribution is 5.85. The van der Waals surface area contributed by atoms with Crippen molar-refractivity contribution in [2.45, 2.75) is 19.3 Å². The molecule has 0 aliphatic carbocycles. The number of halogens is 4. The van der Waals surface area contributed by atoms with Gasteiger partial charge in [-0.25, -0.2) is 4.98 Å². The van der Waals surface area contributed by atoms with Crippen LogP contribution in [0.5, 0.6) is 5.75 Å². The van der Waals surface area contributed by atoms with Gasteiger partial charge in [0.15, 0.2) is 5.69 Å². The van der Waals surface area contributed by atoms with E-state index >= 15 is 0 Å². The number of ether oxygens (including phenoxy) is 1. The Labute approximate surface area is 125 Å². The average molecular weight is 323 g/mol. The van der Waals surface area contributed by atoms with Crippen molar-refractivity contribution < 1.29 is 17.9 Å². The third-order valence-electron chi connectivity index (χ3n) is 2.66. The molecule has 0 aliphatic heterocycles. The molecule has 2 rings (SSSR count). The van der Waals surface area contributed by atoms with Crippen LogP contribution in [0.1, 0.15) is 16.8 Å². The van der Waals surface area contributed by atoms with Gasteiger partial charge in [-0.1, -0.05) is 0 Å². The quantitative estimate of drug-likeness (QED) is 0.937. The monoisotopic (exact) mass is 322 g/mol. The molecule has 2 N–H and O–H groups in total. The Hall–Kier alpha value is -1.80. The summed E-state index contributed by atoms with van der Waals surface area (Å²) in [6.45, 7) is 0.649. The molecule has 0 saturated heterocycles. The Morgan fingerprint density at radius 2 is 2.00 bits per heavy atom. The number of nitrogens with zero attached hydrogens (tertiary/aromatic N) is 3. The van der Waals surface area contributed by atoms with E-state index in [9.17, 15) is 13.2 Å². The molecule has 0 radical (unpaired) electrons. The number of pyridine rings is 1. The zero-order chi connectivity index (χ0) is 14.8. The van der Waals surface area contributed by atoms with Gasteiger partial charge < -0.3 is 10.5 Å². The molecule has 0 fully saturated rings.